The van der Waals surface area contributed by atoms with Gasteiger partial charge in [-0.15, -0.1) is 5.10 Å². The molecule has 4 nitrogen and oxygen atoms in total. The fourth-order valence-corrected chi connectivity index (χ4v) is 1.77. The van der Waals surface area contributed by atoms with Crippen LogP contribution in [0.25, 0.3) is 0 Å². The van der Waals surface area contributed by atoms with E-state index in [0.717, 1.165) is 43.5 Å². The molecule has 0 aliphatic heterocycles. The standard InChI is InChI=1S/C14H26N4/c1-4-9-15-11-13-7-8-14(18-17-13)16-10-12(5-2)6-3/h7-8,12,15H,4-6,9-11H2,1-3H3,(H,16,18). The van der Waals surface area contributed by atoms with Gasteiger partial charge in [0.25, 0.3) is 0 Å². The molecule has 1 aromatic heterocycles. The van der Waals surface area contributed by atoms with Crippen molar-refractivity contribution in [2.75, 3.05) is 18.4 Å². The average Bonchev–Trinajstić information content (AvgIpc) is 2.42. The minimum absolute atomic E-state index is 0.720. The topological polar surface area (TPSA) is 49.8 Å². The van der Waals surface area contributed by atoms with Crippen LogP contribution in [0.3, 0.4) is 0 Å². The molecular formula is C14H26N4. The quantitative estimate of drug-likeness (QED) is 0.662. The van der Waals surface area contributed by atoms with Gasteiger partial charge in [-0.2, -0.15) is 5.10 Å². The molecule has 0 saturated heterocycles. The summed E-state index contributed by atoms with van der Waals surface area (Å²) in [5.74, 6) is 1.60. The van der Waals surface area contributed by atoms with E-state index in [1.165, 1.54) is 12.8 Å². The van der Waals surface area contributed by atoms with Gasteiger partial charge in [-0.1, -0.05) is 33.6 Å². The van der Waals surface area contributed by atoms with E-state index in [0.29, 0.717) is 0 Å². The van der Waals surface area contributed by atoms with E-state index in [1.807, 2.05) is 12.1 Å². The van der Waals surface area contributed by atoms with Crippen molar-refractivity contribution in [3.63, 3.8) is 0 Å². The Labute approximate surface area is 111 Å². The number of nitrogens with zero attached hydrogens (tertiary/aromatic N) is 2. The molecule has 1 rings (SSSR count). The Morgan fingerprint density at radius 1 is 1.11 bits per heavy atom. The molecule has 1 heterocycles. The van der Waals surface area contributed by atoms with Gasteiger partial charge in [0.15, 0.2) is 0 Å². The van der Waals surface area contributed by atoms with Gasteiger partial charge in [-0.3, -0.25) is 0 Å². The highest BCUT2D eigenvalue weighted by Crippen LogP contribution is 2.09. The van der Waals surface area contributed by atoms with Gasteiger partial charge in [-0.25, -0.2) is 0 Å². The largest absolute Gasteiger partial charge is 0.368 e. The fourth-order valence-electron chi connectivity index (χ4n) is 1.77. The molecule has 0 aromatic carbocycles. The first kappa shape index (κ1) is 14.9. The van der Waals surface area contributed by atoms with Gasteiger partial charge in [0.1, 0.15) is 5.82 Å². The van der Waals surface area contributed by atoms with Crippen LogP contribution in [0.5, 0.6) is 0 Å². The lowest BCUT2D eigenvalue weighted by molar-refractivity contribution is 0.518. The molecule has 0 spiro atoms. The minimum atomic E-state index is 0.720. The van der Waals surface area contributed by atoms with Crippen LogP contribution in [0.15, 0.2) is 12.1 Å². The van der Waals surface area contributed by atoms with Gasteiger partial charge in [-0.05, 0) is 31.0 Å². The van der Waals surface area contributed by atoms with Crippen molar-refractivity contribution in [1.29, 1.82) is 0 Å². The molecular weight excluding hydrogens is 224 g/mol. The van der Waals surface area contributed by atoms with E-state index < -0.39 is 0 Å². The summed E-state index contributed by atoms with van der Waals surface area (Å²) in [5.41, 5.74) is 0.997. The lowest BCUT2D eigenvalue weighted by Crippen LogP contribution is -2.16. The first-order chi connectivity index (χ1) is 8.80. The maximum absolute atomic E-state index is 4.21. The van der Waals surface area contributed by atoms with Crippen LogP contribution < -0.4 is 10.6 Å². The zero-order valence-electron chi connectivity index (χ0n) is 11.9. The third kappa shape index (κ3) is 5.45. The summed E-state index contributed by atoms with van der Waals surface area (Å²) in [6.45, 7) is 9.41. The summed E-state index contributed by atoms with van der Waals surface area (Å²) in [6.07, 6.45) is 3.55. The average molecular weight is 250 g/mol. The van der Waals surface area contributed by atoms with E-state index in [1.54, 1.807) is 0 Å². The molecule has 2 N–H and O–H groups in total. The van der Waals surface area contributed by atoms with Crippen LogP contribution in [-0.2, 0) is 6.54 Å². The first-order valence-electron chi connectivity index (χ1n) is 7.07. The van der Waals surface area contributed by atoms with Crippen molar-refractivity contribution >= 4 is 5.82 Å². The van der Waals surface area contributed by atoms with Crippen LogP contribution in [0.1, 0.15) is 45.7 Å². The highest BCUT2D eigenvalue weighted by Gasteiger charge is 2.03. The Bertz CT molecular complexity index is 306. The van der Waals surface area contributed by atoms with E-state index >= 15 is 0 Å². The maximum atomic E-state index is 4.21. The third-order valence-corrected chi connectivity index (χ3v) is 3.18. The Morgan fingerprint density at radius 3 is 2.44 bits per heavy atom. The van der Waals surface area contributed by atoms with Crippen LogP contribution in [0.2, 0.25) is 0 Å². The molecule has 4 heteroatoms. The Balaban J connectivity index is 2.35. The molecule has 0 bridgehead atoms. The van der Waals surface area contributed by atoms with Crippen molar-refractivity contribution in [2.45, 2.75) is 46.6 Å². The maximum Gasteiger partial charge on any atom is 0.148 e. The van der Waals surface area contributed by atoms with Crippen LogP contribution >= 0.6 is 0 Å². The number of hydrogen-bond acceptors (Lipinski definition) is 4. The SMILES string of the molecule is CCCNCc1ccc(NCC(CC)CC)nn1. The summed E-state index contributed by atoms with van der Waals surface area (Å²) < 4.78 is 0. The second kappa shape index (κ2) is 8.86. The molecule has 0 saturated carbocycles. The molecule has 102 valence electrons. The smallest absolute Gasteiger partial charge is 0.148 e. The van der Waals surface area contributed by atoms with Crippen LogP contribution in [-0.4, -0.2) is 23.3 Å². The van der Waals surface area contributed by atoms with Crippen molar-refractivity contribution in [2.24, 2.45) is 5.92 Å². The Kier molecular flexibility index (Phi) is 7.34. The molecule has 0 radical (unpaired) electrons. The summed E-state index contributed by atoms with van der Waals surface area (Å²) in [6, 6.07) is 4.04. The zero-order valence-corrected chi connectivity index (χ0v) is 11.9. The Morgan fingerprint density at radius 2 is 1.89 bits per heavy atom. The first-order valence-corrected chi connectivity index (χ1v) is 7.07. The summed E-state index contributed by atoms with van der Waals surface area (Å²) in [5, 5.41) is 15.1. The summed E-state index contributed by atoms with van der Waals surface area (Å²) in [7, 11) is 0. The number of rotatable bonds is 9. The van der Waals surface area contributed by atoms with Crippen molar-refractivity contribution < 1.29 is 0 Å². The van der Waals surface area contributed by atoms with E-state index in [2.05, 4.69) is 41.6 Å². The van der Waals surface area contributed by atoms with Gasteiger partial charge in [0.05, 0.1) is 5.69 Å². The highest BCUT2D eigenvalue weighted by molar-refractivity contribution is 5.32. The number of aromatic nitrogens is 2. The van der Waals surface area contributed by atoms with Crippen molar-refractivity contribution in [3.8, 4) is 0 Å². The minimum Gasteiger partial charge on any atom is -0.368 e. The highest BCUT2D eigenvalue weighted by atomic mass is 15.2. The number of anilines is 1. The zero-order chi connectivity index (χ0) is 13.2. The van der Waals surface area contributed by atoms with Crippen LogP contribution in [0.4, 0.5) is 5.82 Å². The third-order valence-electron chi connectivity index (χ3n) is 3.18. The van der Waals surface area contributed by atoms with E-state index in [9.17, 15) is 0 Å². The molecule has 0 aliphatic rings. The molecule has 0 unspecified atom stereocenters. The fraction of sp³-hybridized carbons (Fsp3) is 0.714. The van der Waals surface area contributed by atoms with Gasteiger partial charge >= 0.3 is 0 Å². The second-order valence-electron chi connectivity index (χ2n) is 4.65. The van der Waals surface area contributed by atoms with Gasteiger partial charge in [0, 0.05) is 13.1 Å². The summed E-state index contributed by atoms with van der Waals surface area (Å²) >= 11 is 0. The normalized spacial score (nSPS) is 10.9. The molecule has 0 amide bonds. The molecule has 0 aliphatic carbocycles. The number of nitrogens with one attached hydrogen (secondary N) is 2. The van der Waals surface area contributed by atoms with Crippen molar-refractivity contribution in [1.82, 2.24) is 15.5 Å². The second-order valence-corrected chi connectivity index (χ2v) is 4.65. The Hall–Kier alpha value is -1.16. The lowest BCUT2D eigenvalue weighted by Gasteiger charge is -2.13. The predicted octanol–water partition coefficient (Wildman–Crippen LogP) is 2.82. The predicted molar refractivity (Wildman–Crippen MR) is 76.6 cm³/mol. The lowest BCUT2D eigenvalue weighted by atomic mass is 10.0. The molecule has 1 aromatic rings. The monoisotopic (exact) mass is 250 g/mol. The van der Waals surface area contributed by atoms with Crippen LogP contribution in [0, 0.1) is 5.92 Å². The molecule has 0 atom stereocenters. The van der Waals surface area contributed by atoms with E-state index in [-0.39, 0.29) is 0 Å². The van der Waals surface area contributed by atoms with Gasteiger partial charge in [0.2, 0.25) is 0 Å². The van der Waals surface area contributed by atoms with Crippen molar-refractivity contribution in [3.05, 3.63) is 17.8 Å². The number of hydrogen-bond donors (Lipinski definition) is 2. The molecule has 18 heavy (non-hydrogen) atoms. The van der Waals surface area contributed by atoms with E-state index in [4.69, 9.17) is 0 Å². The molecule has 0 fully saturated rings. The van der Waals surface area contributed by atoms with Gasteiger partial charge < -0.3 is 10.6 Å². The summed E-state index contributed by atoms with van der Waals surface area (Å²) in [4.78, 5) is 0.